The highest BCUT2D eigenvalue weighted by Gasteiger charge is 2.31. The standard InChI is InChI=1S/C27H19F3N2O4/c28-27(29,30)36-21-13-11-20(12-14-21)31-26(34)23(32-25(33)19-9-5-2-6-10-19)17-22-15-16-24(35-22)18-7-3-1-4-8-18/h1-17H,(H,31,34)(H,32,33). The average molecular weight is 492 g/mol. The third-order valence-electron chi connectivity index (χ3n) is 4.85. The Bertz CT molecular complexity index is 1360. The molecular formula is C27H19F3N2O4. The monoisotopic (exact) mass is 492 g/mol. The molecule has 3 aromatic carbocycles. The predicted molar refractivity (Wildman–Crippen MR) is 128 cm³/mol. The third-order valence-corrected chi connectivity index (χ3v) is 4.85. The molecule has 0 saturated heterocycles. The molecule has 2 N–H and O–H groups in total. The molecule has 0 aliphatic carbocycles. The van der Waals surface area contributed by atoms with Crippen molar-refractivity contribution >= 4 is 23.6 Å². The van der Waals surface area contributed by atoms with Gasteiger partial charge >= 0.3 is 6.36 Å². The van der Waals surface area contributed by atoms with Gasteiger partial charge in [-0.3, -0.25) is 9.59 Å². The topological polar surface area (TPSA) is 80.6 Å². The Balaban J connectivity index is 1.57. The molecule has 0 radical (unpaired) electrons. The summed E-state index contributed by atoms with van der Waals surface area (Å²) in [6, 6.07) is 25.6. The van der Waals surface area contributed by atoms with Crippen LogP contribution in [0.25, 0.3) is 17.4 Å². The second-order valence-electron chi connectivity index (χ2n) is 7.47. The molecule has 2 amide bonds. The minimum Gasteiger partial charge on any atom is -0.457 e. The third kappa shape index (κ3) is 6.63. The van der Waals surface area contributed by atoms with E-state index in [1.807, 2.05) is 30.3 Å². The van der Waals surface area contributed by atoms with Crippen LogP contribution in [0.5, 0.6) is 5.75 Å². The number of nitrogens with one attached hydrogen (secondary N) is 2. The smallest absolute Gasteiger partial charge is 0.457 e. The number of rotatable bonds is 7. The lowest BCUT2D eigenvalue weighted by molar-refractivity contribution is -0.274. The van der Waals surface area contributed by atoms with Gasteiger partial charge in [-0.15, -0.1) is 13.2 Å². The van der Waals surface area contributed by atoms with Gasteiger partial charge in [0.15, 0.2) is 0 Å². The maximum Gasteiger partial charge on any atom is 0.573 e. The van der Waals surface area contributed by atoms with Crippen molar-refractivity contribution in [2.75, 3.05) is 5.32 Å². The van der Waals surface area contributed by atoms with Crippen molar-refractivity contribution in [2.45, 2.75) is 6.36 Å². The Kier molecular flexibility index (Phi) is 7.20. The van der Waals surface area contributed by atoms with Crippen LogP contribution in [0.4, 0.5) is 18.9 Å². The number of ether oxygens (including phenoxy) is 1. The van der Waals surface area contributed by atoms with Crippen LogP contribution in [-0.4, -0.2) is 18.2 Å². The van der Waals surface area contributed by atoms with E-state index in [0.29, 0.717) is 17.1 Å². The predicted octanol–water partition coefficient (Wildman–Crippen LogP) is 6.25. The number of amides is 2. The number of halogens is 3. The highest BCUT2D eigenvalue weighted by Crippen LogP contribution is 2.25. The minimum atomic E-state index is -4.83. The molecule has 4 aromatic rings. The summed E-state index contributed by atoms with van der Waals surface area (Å²) in [6.45, 7) is 0. The zero-order valence-electron chi connectivity index (χ0n) is 18.6. The summed E-state index contributed by atoms with van der Waals surface area (Å²) in [7, 11) is 0. The van der Waals surface area contributed by atoms with E-state index >= 15 is 0 Å². The van der Waals surface area contributed by atoms with Crippen molar-refractivity contribution in [1.82, 2.24) is 5.32 Å². The Hall–Kier alpha value is -4.79. The highest BCUT2D eigenvalue weighted by atomic mass is 19.4. The van der Waals surface area contributed by atoms with E-state index in [1.165, 1.54) is 18.2 Å². The molecule has 1 aromatic heterocycles. The number of hydrogen-bond donors (Lipinski definition) is 2. The molecule has 6 nitrogen and oxygen atoms in total. The van der Waals surface area contributed by atoms with E-state index in [4.69, 9.17) is 4.42 Å². The van der Waals surface area contributed by atoms with Gasteiger partial charge in [0, 0.05) is 22.9 Å². The van der Waals surface area contributed by atoms with Gasteiger partial charge in [-0.2, -0.15) is 0 Å². The molecule has 36 heavy (non-hydrogen) atoms. The first-order valence-electron chi connectivity index (χ1n) is 10.7. The summed E-state index contributed by atoms with van der Waals surface area (Å²) in [5.41, 5.74) is 1.22. The van der Waals surface area contributed by atoms with Gasteiger partial charge in [-0.1, -0.05) is 48.5 Å². The van der Waals surface area contributed by atoms with Crippen LogP contribution >= 0.6 is 0 Å². The fourth-order valence-electron chi connectivity index (χ4n) is 3.21. The van der Waals surface area contributed by atoms with Gasteiger partial charge in [0.25, 0.3) is 11.8 Å². The number of alkyl halides is 3. The van der Waals surface area contributed by atoms with Crippen molar-refractivity contribution in [3.63, 3.8) is 0 Å². The molecule has 4 rings (SSSR count). The molecule has 0 aliphatic rings. The van der Waals surface area contributed by atoms with Crippen molar-refractivity contribution in [1.29, 1.82) is 0 Å². The Morgan fingerprint density at radius 2 is 1.44 bits per heavy atom. The number of furan rings is 1. The first-order valence-corrected chi connectivity index (χ1v) is 10.7. The van der Waals surface area contributed by atoms with Gasteiger partial charge < -0.3 is 19.8 Å². The molecule has 0 spiro atoms. The first kappa shape index (κ1) is 24.3. The fraction of sp³-hybridized carbons (Fsp3) is 0.0370. The largest absolute Gasteiger partial charge is 0.573 e. The molecule has 0 saturated carbocycles. The molecule has 182 valence electrons. The van der Waals surface area contributed by atoms with Crippen LogP contribution in [0.3, 0.4) is 0 Å². The van der Waals surface area contributed by atoms with E-state index in [2.05, 4.69) is 15.4 Å². The summed E-state index contributed by atoms with van der Waals surface area (Å²) >= 11 is 0. The second kappa shape index (κ2) is 10.6. The van der Waals surface area contributed by atoms with Gasteiger partial charge in [0.1, 0.15) is 23.0 Å². The molecule has 0 unspecified atom stereocenters. The molecule has 0 atom stereocenters. The first-order chi connectivity index (χ1) is 17.3. The lowest BCUT2D eigenvalue weighted by Gasteiger charge is -2.12. The Morgan fingerprint density at radius 1 is 0.806 bits per heavy atom. The summed E-state index contributed by atoms with van der Waals surface area (Å²) in [5, 5.41) is 5.12. The van der Waals surface area contributed by atoms with Crippen molar-refractivity contribution in [2.24, 2.45) is 0 Å². The minimum absolute atomic E-state index is 0.131. The SMILES string of the molecule is O=C(Nc1ccc(OC(F)(F)F)cc1)C(=Cc1ccc(-c2ccccc2)o1)NC(=O)c1ccccc1. The zero-order chi connectivity index (χ0) is 25.5. The van der Waals surface area contributed by atoms with Gasteiger partial charge in [0.05, 0.1) is 0 Å². The quantitative estimate of drug-likeness (QED) is 0.299. The molecule has 1 heterocycles. The zero-order valence-corrected chi connectivity index (χ0v) is 18.6. The lowest BCUT2D eigenvalue weighted by atomic mass is 10.2. The van der Waals surface area contributed by atoms with Crippen LogP contribution in [0.15, 0.2) is 107 Å². The Morgan fingerprint density at radius 3 is 2.08 bits per heavy atom. The van der Waals surface area contributed by atoms with Crippen LogP contribution in [-0.2, 0) is 4.79 Å². The number of carbonyl (C=O) groups excluding carboxylic acids is 2. The molecule has 0 fully saturated rings. The van der Waals surface area contributed by atoms with E-state index < -0.39 is 23.9 Å². The number of anilines is 1. The van der Waals surface area contributed by atoms with Crippen molar-refractivity contribution in [3.8, 4) is 17.1 Å². The van der Waals surface area contributed by atoms with Crippen molar-refractivity contribution < 1.29 is 31.9 Å². The van der Waals surface area contributed by atoms with Crippen molar-refractivity contribution in [3.05, 3.63) is 114 Å². The molecule has 0 bridgehead atoms. The number of hydrogen-bond acceptors (Lipinski definition) is 4. The van der Waals surface area contributed by atoms with Gasteiger partial charge in [-0.25, -0.2) is 0 Å². The lowest BCUT2D eigenvalue weighted by Crippen LogP contribution is -2.30. The summed E-state index contributed by atoms with van der Waals surface area (Å²) in [5.74, 6) is -0.794. The molecular weight excluding hydrogens is 473 g/mol. The Labute approximate surface area is 204 Å². The fourth-order valence-corrected chi connectivity index (χ4v) is 3.21. The number of benzene rings is 3. The van der Waals surface area contributed by atoms with E-state index in [9.17, 15) is 22.8 Å². The van der Waals surface area contributed by atoms with Gasteiger partial charge in [-0.05, 0) is 48.5 Å². The van der Waals surface area contributed by atoms with Crippen LogP contribution in [0.1, 0.15) is 16.1 Å². The van der Waals surface area contributed by atoms with E-state index in [-0.39, 0.29) is 11.4 Å². The molecule has 9 heteroatoms. The van der Waals surface area contributed by atoms with E-state index in [1.54, 1.807) is 42.5 Å². The van der Waals surface area contributed by atoms with Gasteiger partial charge in [0.2, 0.25) is 0 Å². The highest BCUT2D eigenvalue weighted by molar-refractivity contribution is 6.10. The van der Waals surface area contributed by atoms with E-state index in [0.717, 1.165) is 17.7 Å². The maximum atomic E-state index is 13.0. The van der Waals surface area contributed by atoms with Crippen LogP contribution in [0, 0.1) is 0 Å². The summed E-state index contributed by atoms with van der Waals surface area (Å²) in [6.07, 6.45) is -3.46. The normalized spacial score (nSPS) is 11.6. The number of carbonyl (C=O) groups is 2. The summed E-state index contributed by atoms with van der Waals surface area (Å²) < 4.78 is 46.8. The van der Waals surface area contributed by atoms with Crippen LogP contribution in [0.2, 0.25) is 0 Å². The summed E-state index contributed by atoms with van der Waals surface area (Å²) in [4.78, 5) is 25.7. The molecule has 0 aliphatic heterocycles. The average Bonchev–Trinajstić information content (AvgIpc) is 3.33. The maximum absolute atomic E-state index is 13.0. The van der Waals surface area contributed by atoms with Crippen LogP contribution < -0.4 is 15.4 Å². The second-order valence-corrected chi connectivity index (χ2v) is 7.47.